The first-order chi connectivity index (χ1) is 50.2. The molecule has 21 N–H and O–H groups in total. The molecule has 614 valence electrons. The number of aliphatic hydroxyl groups excluding tert-OH is 19. The van der Waals surface area contributed by atoms with Gasteiger partial charge in [-0.25, -0.2) is 0 Å². The molecule has 1 amide bonds. The van der Waals surface area contributed by atoms with E-state index >= 15 is 4.79 Å². The molecule has 12 aliphatic rings. The van der Waals surface area contributed by atoms with Crippen LogP contribution in [0.25, 0.3) is 0 Å². The second-order valence-electron chi connectivity index (χ2n) is 34.0. The summed E-state index contributed by atoms with van der Waals surface area (Å²) in [5.74, 6) is -3.01. The van der Waals surface area contributed by atoms with Crippen molar-refractivity contribution >= 4 is 11.9 Å². The maximum Gasteiger partial charge on any atom is 0.317 e. The third kappa shape index (κ3) is 14.5. The summed E-state index contributed by atoms with van der Waals surface area (Å²) in [4.78, 5) is 29.3. The van der Waals surface area contributed by atoms with Crippen LogP contribution in [-0.2, 0) is 75.9 Å². The summed E-state index contributed by atoms with van der Waals surface area (Å²) in [6, 6.07) is -1.44. The van der Waals surface area contributed by atoms with Gasteiger partial charge in [-0.2, -0.15) is 0 Å². The highest BCUT2D eigenvalue weighted by atomic mass is 16.8. The van der Waals surface area contributed by atoms with Crippen molar-refractivity contribution in [1.29, 1.82) is 0 Å². The molecule has 0 spiro atoms. The topological polar surface area (TPSA) is 580 Å². The Labute approximate surface area is 617 Å². The summed E-state index contributed by atoms with van der Waals surface area (Å²) in [7, 11) is 0. The predicted molar refractivity (Wildman–Crippen MR) is 351 cm³/mol. The van der Waals surface area contributed by atoms with Crippen LogP contribution in [-0.4, -0.2) is 369 Å². The first kappa shape index (κ1) is 83.8. The van der Waals surface area contributed by atoms with E-state index in [1.165, 1.54) is 6.92 Å². The Balaban J connectivity index is 0.821. The van der Waals surface area contributed by atoms with E-state index < -0.39 is 305 Å². The van der Waals surface area contributed by atoms with Crippen molar-refractivity contribution in [3.8, 4) is 0 Å². The third-order valence-electron chi connectivity index (χ3n) is 26.8. The lowest BCUT2D eigenvalue weighted by molar-refractivity contribution is -0.369. The Kier molecular flexibility index (Phi) is 24.7. The van der Waals surface area contributed by atoms with Crippen molar-refractivity contribution in [2.45, 2.75) is 309 Å². The van der Waals surface area contributed by atoms with Crippen molar-refractivity contribution in [1.82, 2.24) is 5.32 Å². The van der Waals surface area contributed by atoms with Crippen LogP contribution in [0.4, 0.5) is 0 Å². The molecule has 0 aromatic rings. The fraction of sp³-hybridized carbons (Fsp3) is 0.943. The summed E-state index contributed by atoms with van der Waals surface area (Å²) in [5, 5.41) is 225. The summed E-state index contributed by atoms with van der Waals surface area (Å²) in [6.45, 7) is 9.77. The van der Waals surface area contributed by atoms with E-state index in [2.05, 4.69) is 25.2 Å². The van der Waals surface area contributed by atoms with Gasteiger partial charge in [0.2, 0.25) is 12.2 Å². The van der Waals surface area contributed by atoms with Gasteiger partial charge in [-0.05, 0) is 90.8 Å². The average molecular weight is 1540 g/mol. The van der Waals surface area contributed by atoms with Crippen LogP contribution in [0.1, 0.15) is 107 Å². The van der Waals surface area contributed by atoms with Gasteiger partial charge in [-0.1, -0.05) is 60.1 Å². The number of hydrogen-bond acceptors (Lipinski definition) is 36. The fourth-order valence-corrected chi connectivity index (χ4v) is 20.3. The third-order valence-corrected chi connectivity index (χ3v) is 26.8. The number of amides is 1. The highest BCUT2D eigenvalue weighted by Crippen LogP contribution is 2.76. The minimum atomic E-state index is -2.25. The van der Waals surface area contributed by atoms with E-state index in [-0.39, 0.29) is 18.3 Å². The Morgan fingerprint density at radius 2 is 1.04 bits per heavy atom. The van der Waals surface area contributed by atoms with Gasteiger partial charge in [0.15, 0.2) is 43.8 Å². The summed E-state index contributed by atoms with van der Waals surface area (Å²) in [6.07, 6.45) is -49.2. The second-order valence-corrected chi connectivity index (χ2v) is 34.0. The van der Waals surface area contributed by atoms with Crippen LogP contribution >= 0.6 is 0 Å². The number of rotatable bonds is 19. The van der Waals surface area contributed by atoms with E-state index in [1.54, 1.807) is 0 Å². The van der Waals surface area contributed by atoms with Crippen molar-refractivity contribution in [3.05, 3.63) is 11.6 Å². The molecule has 0 unspecified atom stereocenters. The number of allylic oxidation sites excluding steroid dienone is 1. The van der Waals surface area contributed by atoms with Gasteiger partial charge in [0, 0.05) is 12.3 Å². The maximum atomic E-state index is 15.9. The van der Waals surface area contributed by atoms with Crippen LogP contribution in [0.3, 0.4) is 0 Å². The van der Waals surface area contributed by atoms with Crippen LogP contribution in [0, 0.1) is 50.2 Å². The van der Waals surface area contributed by atoms with E-state index in [0.717, 1.165) is 0 Å². The van der Waals surface area contributed by atoms with Gasteiger partial charge in [0.1, 0.15) is 139 Å². The zero-order chi connectivity index (χ0) is 78.1. The van der Waals surface area contributed by atoms with Gasteiger partial charge in [-0.15, -0.1) is 0 Å². The number of nitrogens with one attached hydrogen (secondary N) is 1. The second kappa shape index (κ2) is 31.5. The number of ether oxygens (including phenoxy) is 14. The molecule has 0 bridgehead atoms. The molecule has 0 aromatic carbocycles. The quantitative estimate of drug-likeness (QED) is 0.0324. The first-order valence-corrected chi connectivity index (χ1v) is 37.1. The molecule has 37 heteroatoms. The monoisotopic (exact) mass is 1540 g/mol. The van der Waals surface area contributed by atoms with Crippen LogP contribution in [0.15, 0.2) is 11.6 Å². The highest BCUT2D eigenvalue weighted by molar-refractivity contribution is 5.80. The zero-order valence-electron chi connectivity index (χ0n) is 61.1. The predicted octanol–water partition coefficient (Wildman–Crippen LogP) is -7.92. The lowest BCUT2D eigenvalue weighted by Crippen LogP contribution is -2.73. The highest BCUT2D eigenvalue weighted by Gasteiger charge is 2.75. The Morgan fingerprint density at radius 3 is 1.59 bits per heavy atom. The van der Waals surface area contributed by atoms with Crippen molar-refractivity contribution < 1.29 is 178 Å². The average Bonchev–Trinajstić information content (AvgIpc) is 0.859. The van der Waals surface area contributed by atoms with E-state index in [9.17, 15) is 107 Å². The molecule has 0 aromatic heterocycles. The molecule has 7 heterocycles. The summed E-state index contributed by atoms with van der Waals surface area (Å²) in [5.41, 5.74) is -7.46. The number of aliphatic hydroxyl groups is 20. The Bertz CT molecular complexity index is 3110. The van der Waals surface area contributed by atoms with Crippen LogP contribution < -0.4 is 5.32 Å². The van der Waals surface area contributed by atoms with Gasteiger partial charge in [0.05, 0.1) is 71.2 Å². The Morgan fingerprint density at radius 1 is 0.514 bits per heavy atom. The number of esters is 1. The standard InChI is InChI=1S/C70H113NO36/c1-26(75)71-38-49(103-57-45(85)39(79)29(76)20-94-57)44(84)34(23-97-60-48(88)50(42(82)32(18-72)99-60)104-58-46(86)40(80)30(77)21-95-58)101-56(38)102-37-12-13-66(6)35(65(37,4)5)11-14-67(7)36(66)10-9-27-28-17-64(2,3)15-16-70(28,54(90)53(89)68(27,67)8)63(92)107-61-52(106-59-47(87)41(81)31(78)22-96-59)51(43(83)33(19-73)100-61)105-62-55(91)69(93,24-74)25-98-62/h9,28-62,72-74,76-91,93H,10-25H2,1-8H3,(H,71,75)/t28-,29+,30+,31+,32+,33+,34+,35-,36+,37-,38+,39-,40-,41-,42+,43+,44+,45+,46+,47+,48+,49+,50-,51-,52+,53-,54+,55-,56-,57-,58-,59-,60+,61-,62-,66-,67+,68-,69+,70+/m0/s1. The van der Waals surface area contributed by atoms with Crippen molar-refractivity contribution in [2.75, 3.05) is 52.9 Å². The smallest absolute Gasteiger partial charge is 0.317 e. The van der Waals surface area contributed by atoms with Gasteiger partial charge >= 0.3 is 5.97 Å². The number of carbonyl (C=O) groups excluding carboxylic acids is 2. The van der Waals surface area contributed by atoms with Crippen molar-refractivity contribution in [2.24, 2.45) is 50.2 Å². The van der Waals surface area contributed by atoms with E-state index in [4.69, 9.17) is 66.3 Å². The Hall–Kier alpha value is -2.64. The molecule has 12 rings (SSSR count). The molecule has 40 atom stereocenters. The molecule has 107 heavy (non-hydrogen) atoms. The van der Waals surface area contributed by atoms with Gasteiger partial charge < -0.3 is 174 Å². The van der Waals surface area contributed by atoms with Crippen LogP contribution in [0.5, 0.6) is 0 Å². The van der Waals surface area contributed by atoms with E-state index in [0.29, 0.717) is 50.5 Å². The molecular weight excluding hydrogens is 1430 g/mol. The minimum absolute atomic E-state index is 0.0462. The molecular formula is C70H113NO36. The lowest BCUT2D eigenvalue weighted by Gasteiger charge is -2.72. The van der Waals surface area contributed by atoms with Gasteiger partial charge in [-0.3, -0.25) is 9.59 Å². The van der Waals surface area contributed by atoms with Crippen LogP contribution in [0.2, 0.25) is 0 Å². The molecule has 7 aliphatic heterocycles. The molecule has 11 fully saturated rings. The zero-order valence-corrected chi connectivity index (χ0v) is 61.1. The summed E-state index contributed by atoms with van der Waals surface area (Å²) < 4.78 is 84.5. The SMILES string of the molecule is CC(=O)N[C@H]1[C@H](O[C@H]2CC[C@]3(C)[C@H]4CC=C5[C@@H]6CC(C)(C)CC[C@]6(C(=O)O[C@@H]6O[C@H](CO)[C@@H](O)[C@H](O[C@@H]7OC[C@](O)(CO)[C@H]7O)[C@H]6O[C@@H]6OC[C@@H](O)[C@H](O)[C@H]6O)[C@H](O)[C@H](O)[C@@]5(C)[C@]4(C)CC[C@H]3C2(C)C)O[C@H](CO[C@@H]2O[C@H](CO)[C@@H](O)[C@H](O[C@@H]3OC[C@@H](O)[C@H](O)[C@H]3O)[C@H]2O)[C@@H](O)[C@@H]1O[C@@H]1OC[C@@H](O)[C@H](O)[C@H]1O. The number of hydrogen-bond donors (Lipinski definition) is 21. The van der Waals surface area contributed by atoms with Crippen molar-refractivity contribution in [3.63, 3.8) is 0 Å². The molecule has 7 saturated heterocycles. The lowest BCUT2D eigenvalue weighted by atomic mass is 9.32. The normalized spacial score (nSPS) is 53.3. The molecule has 4 saturated carbocycles. The first-order valence-electron chi connectivity index (χ1n) is 37.1. The molecule has 5 aliphatic carbocycles. The fourth-order valence-electron chi connectivity index (χ4n) is 20.3. The molecule has 0 radical (unpaired) electrons. The van der Waals surface area contributed by atoms with Gasteiger partial charge in [0.25, 0.3) is 0 Å². The number of fused-ring (bicyclic) bond motifs is 7. The minimum Gasteiger partial charge on any atom is -0.432 e. The van der Waals surface area contributed by atoms with E-state index in [1.807, 2.05) is 34.6 Å². The molecule has 37 nitrogen and oxygen atoms in total. The number of carbonyl (C=O) groups is 2. The largest absolute Gasteiger partial charge is 0.432 e. The maximum absolute atomic E-state index is 15.9. The summed E-state index contributed by atoms with van der Waals surface area (Å²) >= 11 is 0.